The number of nitrogen functional groups attached to an aromatic ring is 1. The Morgan fingerprint density at radius 3 is 2.56 bits per heavy atom. The van der Waals surface area contributed by atoms with Crippen molar-refractivity contribution < 1.29 is 0 Å². The number of hydrogen-bond acceptors (Lipinski definition) is 3. The van der Waals surface area contributed by atoms with Gasteiger partial charge >= 0.3 is 0 Å². The van der Waals surface area contributed by atoms with Gasteiger partial charge in [-0.25, -0.2) is 4.98 Å². The zero-order valence-electron chi connectivity index (χ0n) is 10.8. The summed E-state index contributed by atoms with van der Waals surface area (Å²) in [5.41, 5.74) is 8.39. The second-order valence-corrected chi connectivity index (χ2v) is 7.62. The van der Waals surface area contributed by atoms with Crippen LogP contribution in [0.25, 0.3) is 0 Å². The van der Waals surface area contributed by atoms with E-state index in [1.807, 2.05) is 0 Å². The fourth-order valence-electron chi connectivity index (χ4n) is 1.89. The van der Waals surface area contributed by atoms with Gasteiger partial charge in [0.2, 0.25) is 0 Å². The summed E-state index contributed by atoms with van der Waals surface area (Å²) >= 11 is 3.99. The number of hydrogen-bond donors (Lipinski definition) is 1. The van der Waals surface area contributed by atoms with E-state index >= 15 is 0 Å². The first-order chi connectivity index (χ1) is 8.38. The lowest BCUT2D eigenvalue weighted by molar-refractivity contribution is 0.568. The molecule has 1 heterocycles. The molecule has 2 N–H and O–H groups in total. The summed E-state index contributed by atoms with van der Waals surface area (Å²) in [7, 11) is 0. The molecule has 0 aliphatic rings. The molecule has 0 spiro atoms. The first kappa shape index (κ1) is 13.8. The maximum atomic E-state index is 5.87. The van der Waals surface area contributed by atoms with E-state index in [4.69, 9.17) is 5.73 Å². The highest BCUT2D eigenvalue weighted by Crippen LogP contribution is 2.33. The van der Waals surface area contributed by atoms with E-state index in [0.29, 0.717) is 5.13 Å². The van der Waals surface area contributed by atoms with Crippen LogP contribution in [0.3, 0.4) is 0 Å². The Labute approximate surface area is 126 Å². The van der Waals surface area contributed by atoms with Gasteiger partial charge in [0, 0.05) is 20.3 Å². The van der Waals surface area contributed by atoms with Gasteiger partial charge in [-0.05, 0) is 34.2 Å². The number of aromatic nitrogens is 1. The normalized spacial score (nSPS) is 11.8. The molecular formula is C14H17IN2S. The average Bonchev–Trinajstić information content (AvgIpc) is 2.63. The molecule has 18 heavy (non-hydrogen) atoms. The molecule has 2 rings (SSSR count). The van der Waals surface area contributed by atoms with Crippen molar-refractivity contribution in [3.8, 4) is 0 Å². The Morgan fingerprint density at radius 1 is 1.28 bits per heavy atom. The monoisotopic (exact) mass is 372 g/mol. The van der Waals surface area contributed by atoms with Crippen LogP contribution in [-0.4, -0.2) is 4.98 Å². The molecule has 0 aliphatic heterocycles. The van der Waals surface area contributed by atoms with E-state index in [0.717, 1.165) is 12.1 Å². The molecule has 0 aliphatic carbocycles. The van der Waals surface area contributed by atoms with Crippen molar-refractivity contribution in [2.75, 3.05) is 5.73 Å². The van der Waals surface area contributed by atoms with Crippen LogP contribution in [0, 0.1) is 3.57 Å². The summed E-state index contributed by atoms with van der Waals surface area (Å²) in [4.78, 5) is 5.78. The van der Waals surface area contributed by atoms with Crippen LogP contribution in [0.4, 0.5) is 5.13 Å². The fraction of sp³-hybridized carbons (Fsp3) is 0.357. The van der Waals surface area contributed by atoms with Gasteiger partial charge in [0.1, 0.15) is 0 Å². The summed E-state index contributed by atoms with van der Waals surface area (Å²) in [6.45, 7) is 6.54. The minimum absolute atomic E-state index is 0.0453. The number of rotatable bonds is 2. The standard InChI is InChI=1S/C14H17IN2S/c1-14(2,3)12-11(18-13(16)17-12)8-9-6-4-5-7-10(9)15/h4-7H,8H2,1-3H3,(H2,16,17). The maximum Gasteiger partial charge on any atom is 0.180 e. The topological polar surface area (TPSA) is 38.9 Å². The molecule has 2 aromatic rings. The number of thiazole rings is 1. The molecule has 96 valence electrons. The third-order valence-corrected chi connectivity index (χ3v) is 4.67. The Morgan fingerprint density at radius 2 is 1.94 bits per heavy atom. The zero-order valence-corrected chi connectivity index (χ0v) is 13.8. The molecule has 4 heteroatoms. The molecule has 0 fully saturated rings. The quantitative estimate of drug-likeness (QED) is 0.802. The van der Waals surface area contributed by atoms with Crippen molar-refractivity contribution in [3.63, 3.8) is 0 Å². The van der Waals surface area contributed by atoms with Gasteiger partial charge in [0.25, 0.3) is 0 Å². The van der Waals surface area contributed by atoms with Crippen LogP contribution in [0.2, 0.25) is 0 Å². The van der Waals surface area contributed by atoms with Gasteiger partial charge in [0.15, 0.2) is 5.13 Å². The smallest absolute Gasteiger partial charge is 0.180 e. The lowest BCUT2D eigenvalue weighted by Gasteiger charge is -2.17. The summed E-state index contributed by atoms with van der Waals surface area (Å²) < 4.78 is 1.29. The van der Waals surface area contributed by atoms with Crippen LogP contribution in [0.5, 0.6) is 0 Å². The van der Waals surface area contributed by atoms with Gasteiger partial charge in [-0.3, -0.25) is 0 Å². The number of benzene rings is 1. The molecule has 0 saturated heterocycles. The number of halogens is 1. The second kappa shape index (κ2) is 5.17. The molecule has 2 nitrogen and oxygen atoms in total. The van der Waals surface area contributed by atoms with Gasteiger partial charge < -0.3 is 5.73 Å². The van der Waals surface area contributed by atoms with E-state index in [1.54, 1.807) is 11.3 Å². The van der Waals surface area contributed by atoms with Gasteiger partial charge in [0.05, 0.1) is 5.69 Å². The Kier molecular flexibility index (Phi) is 3.96. The number of nitrogens with two attached hydrogens (primary N) is 1. The highest BCUT2D eigenvalue weighted by molar-refractivity contribution is 14.1. The molecule has 0 atom stereocenters. The molecule has 0 saturated carbocycles. The van der Waals surface area contributed by atoms with Crippen molar-refractivity contribution in [3.05, 3.63) is 44.0 Å². The van der Waals surface area contributed by atoms with Crippen LogP contribution < -0.4 is 5.73 Å². The molecule has 0 amide bonds. The fourth-order valence-corrected chi connectivity index (χ4v) is 3.53. The lowest BCUT2D eigenvalue weighted by Crippen LogP contribution is -2.14. The van der Waals surface area contributed by atoms with E-state index in [9.17, 15) is 0 Å². The predicted octanol–water partition coefficient (Wildman–Crippen LogP) is 4.22. The summed E-state index contributed by atoms with van der Waals surface area (Å²) in [6, 6.07) is 8.46. The minimum atomic E-state index is 0.0453. The summed E-state index contributed by atoms with van der Waals surface area (Å²) in [5, 5.41) is 0.667. The molecular weight excluding hydrogens is 355 g/mol. The molecule has 0 unspecified atom stereocenters. The number of anilines is 1. The predicted molar refractivity (Wildman–Crippen MR) is 87.2 cm³/mol. The van der Waals surface area contributed by atoms with E-state index in [-0.39, 0.29) is 5.41 Å². The van der Waals surface area contributed by atoms with Crippen LogP contribution in [0.1, 0.15) is 36.9 Å². The van der Waals surface area contributed by atoms with E-state index < -0.39 is 0 Å². The largest absolute Gasteiger partial charge is 0.375 e. The van der Waals surface area contributed by atoms with Gasteiger partial charge in [-0.2, -0.15) is 0 Å². The first-order valence-electron chi connectivity index (χ1n) is 5.87. The average molecular weight is 372 g/mol. The minimum Gasteiger partial charge on any atom is -0.375 e. The van der Waals surface area contributed by atoms with Crippen molar-refractivity contribution in [1.82, 2.24) is 4.98 Å². The summed E-state index contributed by atoms with van der Waals surface area (Å²) in [5.74, 6) is 0. The van der Waals surface area contributed by atoms with E-state index in [2.05, 4.69) is 72.6 Å². The highest BCUT2D eigenvalue weighted by atomic mass is 127. The molecule has 0 bridgehead atoms. The van der Waals surface area contributed by atoms with E-state index in [1.165, 1.54) is 14.0 Å². The second-order valence-electron chi connectivity index (χ2n) is 5.34. The molecule has 0 radical (unpaired) electrons. The third kappa shape index (κ3) is 3.03. The zero-order chi connectivity index (χ0) is 13.3. The van der Waals surface area contributed by atoms with Crippen molar-refractivity contribution in [2.24, 2.45) is 0 Å². The molecule has 1 aromatic heterocycles. The Balaban J connectivity index is 2.38. The maximum absolute atomic E-state index is 5.87. The van der Waals surface area contributed by atoms with Crippen LogP contribution in [-0.2, 0) is 11.8 Å². The van der Waals surface area contributed by atoms with Gasteiger partial charge in [-0.15, -0.1) is 11.3 Å². The van der Waals surface area contributed by atoms with Crippen LogP contribution >= 0.6 is 33.9 Å². The lowest BCUT2D eigenvalue weighted by atomic mass is 9.90. The first-order valence-corrected chi connectivity index (χ1v) is 7.76. The summed E-state index contributed by atoms with van der Waals surface area (Å²) in [6.07, 6.45) is 0.917. The SMILES string of the molecule is CC(C)(C)c1nc(N)sc1Cc1ccccc1I. The third-order valence-electron chi connectivity index (χ3n) is 2.73. The van der Waals surface area contributed by atoms with Crippen LogP contribution in [0.15, 0.2) is 24.3 Å². The highest BCUT2D eigenvalue weighted by Gasteiger charge is 2.22. The Hall–Kier alpha value is -0.620. The number of nitrogens with zero attached hydrogens (tertiary/aromatic N) is 1. The van der Waals surface area contributed by atoms with Crippen molar-refractivity contribution in [2.45, 2.75) is 32.6 Å². The van der Waals surface area contributed by atoms with Crippen molar-refractivity contribution in [1.29, 1.82) is 0 Å². The Bertz CT molecular complexity index is 555. The van der Waals surface area contributed by atoms with Crippen molar-refractivity contribution >= 4 is 39.1 Å². The van der Waals surface area contributed by atoms with Gasteiger partial charge in [-0.1, -0.05) is 39.0 Å². The molecule has 1 aromatic carbocycles.